The molecule has 2 aromatic heterocycles. The van der Waals surface area contributed by atoms with Crippen molar-refractivity contribution in [2.45, 2.75) is 53.5 Å². The molecule has 0 bridgehead atoms. The van der Waals surface area contributed by atoms with Crippen LogP contribution in [0.5, 0.6) is 0 Å². The largest absolute Gasteiger partial charge is 0.326 e. The lowest BCUT2D eigenvalue weighted by atomic mass is 10.0. The Balaban J connectivity index is 1.69. The summed E-state index contributed by atoms with van der Waals surface area (Å²) in [5.41, 5.74) is 5.12. The molecule has 7 heteroatoms. The van der Waals surface area contributed by atoms with E-state index in [0.717, 1.165) is 34.3 Å². The Morgan fingerprint density at radius 2 is 1.85 bits per heavy atom. The van der Waals surface area contributed by atoms with Gasteiger partial charge in [-0.2, -0.15) is 5.10 Å². The lowest BCUT2D eigenvalue weighted by Crippen LogP contribution is -2.27. The van der Waals surface area contributed by atoms with Gasteiger partial charge >= 0.3 is 0 Å². The van der Waals surface area contributed by atoms with Gasteiger partial charge in [0.15, 0.2) is 0 Å². The second-order valence-corrected chi connectivity index (χ2v) is 8.43. The molecule has 4 aromatic rings. The van der Waals surface area contributed by atoms with E-state index in [0.29, 0.717) is 29.9 Å². The van der Waals surface area contributed by atoms with E-state index in [1.54, 1.807) is 21.4 Å². The van der Waals surface area contributed by atoms with Gasteiger partial charge in [-0.15, -0.1) is 0 Å². The van der Waals surface area contributed by atoms with Crippen LogP contribution in [-0.4, -0.2) is 20.3 Å². The second kappa shape index (κ2) is 9.63. The van der Waals surface area contributed by atoms with Crippen LogP contribution in [0.2, 0.25) is 0 Å². The Kier molecular flexibility index (Phi) is 6.63. The monoisotopic (exact) mass is 460 g/mol. The second-order valence-electron chi connectivity index (χ2n) is 8.43. The fraction of sp³-hybridized carbons (Fsp3) is 0.296. The maximum absolute atomic E-state index is 13.9. The number of pyridine rings is 1. The number of nitrogens with zero attached hydrogens (tertiary/aromatic N) is 3. The van der Waals surface area contributed by atoms with E-state index in [9.17, 15) is 14.0 Å². The number of hydrogen-bond donors (Lipinski definition) is 1. The van der Waals surface area contributed by atoms with Crippen molar-refractivity contribution in [1.29, 1.82) is 0 Å². The molecule has 0 aliphatic heterocycles. The van der Waals surface area contributed by atoms with E-state index in [1.165, 1.54) is 12.1 Å². The van der Waals surface area contributed by atoms with Gasteiger partial charge in [0.1, 0.15) is 11.5 Å². The minimum atomic E-state index is -0.368. The predicted molar refractivity (Wildman–Crippen MR) is 133 cm³/mol. The fourth-order valence-corrected chi connectivity index (χ4v) is 4.48. The molecule has 0 unspecified atom stereocenters. The van der Waals surface area contributed by atoms with Gasteiger partial charge in [0.05, 0.1) is 11.4 Å². The highest BCUT2D eigenvalue weighted by Gasteiger charge is 2.21. The number of rotatable bonds is 7. The Morgan fingerprint density at radius 1 is 1.09 bits per heavy atom. The molecule has 4 rings (SSSR count). The van der Waals surface area contributed by atoms with Gasteiger partial charge in [0.25, 0.3) is 5.56 Å². The number of nitrogens with one attached hydrogen (secondary N) is 1. The lowest BCUT2D eigenvalue weighted by Gasteiger charge is -2.14. The quantitative estimate of drug-likeness (QED) is 0.417. The first-order valence-corrected chi connectivity index (χ1v) is 11.6. The Morgan fingerprint density at radius 3 is 2.56 bits per heavy atom. The molecule has 2 aromatic carbocycles. The number of carbonyl (C=O) groups excluding carboxylic acids is 1. The summed E-state index contributed by atoms with van der Waals surface area (Å²) in [7, 11) is 0. The number of carbonyl (C=O) groups is 1. The number of aryl methyl sites for hydroxylation is 4. The Bertz CT molecular complexity index is 1430. The third kappa shape index (κ3) is 4.38. The highest BCUT2D eigenvalue weighted by atomic mass is 19.1. The molecule has 0 atom stereocenters. The van der Waals surface area contributed by atoms with Crippen molar-refractivity contribution in [2.75, 3.05) is 5.32 Å². The standard InChI is InChI=1S/C27H29FN4O2/c1-5-19-9-7-11-21(15-19)29-24(33)14-13-23-17(3)25-18(4)30-32(22-12-8-10-20(28)16-22)26(25)31(6-2)27(23)34/h7-12,15-16H,5-6,13-14H2,1-4H3,(H,29,33). The molecule has 0 aliphatic carbocycles. The number of benzene rings is 2. The molecule has 1 N–H and O–H groups in total. The number of amides is 1. The van der Waals surface area contributed by atoms with Crippen LogP contribution in [0.1, 0.15) is 42.7 Å². The van der Waals surface area contributed by atoms with Gasteiger partial charge in [-0.25, -0.2) is 9.07 Å². The molecule has 6 nitrogen and oxygen atoms in total. The summed E-state index contributed by atoms with van der Waals surface area (Å²) < 4.78 is 17.2. The summed E-state index contributed by atoms with van der Waals surface area (Å²) >= 11 is 0. The number of halogens is 1. The molecule has 0 saturated carbocycles. The molecule has 0 fully saturated rings. The molecule has 0 saturated heterocycles. The average Bonchev–Trinajstić information content (AvgIpc) is 3.16. The minimum Gasteiger partial charge on any atom is -0.326 e. The van der Waals surface area contributed by atoms with Crippen LogP contribution in [0.15, 0.2) is 53.3 Å². The van der Waals surface area contributed by atoms with Crippen LogP contribution in [0.25, 0.3) is 16.7 Å². The summed E-state index contributed by atoms with van der Waals surface area (Å²) in [5.74, 6) is -0.504. The van der Waals surface area contributed by atoms with Crippen LogP contribution in [0.4, 0.5) is 10.1 Å². The van der Waals surface area contributed by atoms with Crippen molar-refractivity contribution >= 4 is 22.6 Å². The average molecular weight is 461 g/mol. The van der Waals surface area contributed by atoms with Crippen molar-refractivity contribution < 1.29 is 9.18 Å². The summed E-state index contributed by atoms with van der Waals surface area (Å²) in [5, 5.41) is 8.42. The molecule has 34 heavy (non-hydrogen) atoms. The van der Waals surface area contributed by atoms with Gasteiger partial charge in [-0.05, 0) is 75.1 Å². The van der Waals surface area contributed by atoms with Gasteiger partial charge < -0.3 is 5.32 Å². The Labute approximate surface area is 198 Å². The van der Waals surface area contributed by atoms with Gasteiger partial charge in [0.2, 0.25) is 5.91 Å². The number of fused-ring (bicyclic) bond motifs is 1. The van der Waals surface area contributed by atoms with E-state index < -0.39 is 0 Å². The minimum absolute atomic E-state index is 0.137. The van der Waals surface area contributed by atoms with Gasteiger partial charge in [-0.1, -0.05) is 25.1 Å². The van der Waals surface area contributed by atoms with E-state index in [1.807, 2.05) is 45.0 Å². The topological polar surface area (TPSA) is 68.9 Å². The lowest BCUT2D eigenvalue weighted by molar-refractivity contribution is -0.116. The predicted octanol–water partition coefficient (Wildman–Crippen LogP) is 5.10. The highest BCUT2D eigenvalue weighted by Crippen LogP contribution is 2.26. The summed E-state index contributed by atoms with van der Waals surface area (Å²) in [6.45, 7) is 8.17. The van der Waals surface area contributed by atoms with Crippen molar-refractivity contribution in [3.63, 3.8) is 0 Å². The zero-order chi connectivity index (χ0) is 24.4. The zero-order valence-electron chi connectivity index (χ0n) is 20.0. The number of anilines is 1. The third-order valence-electron chi connectivity index (χ3n) is 6.21. The number of aromatic nitrogens is 3. The molecule has 0 spiro atoms. The van der Waals surface area contributed by atoms with E-state index in [-0.39, 0.29) is 23.7 Å². The van der Waals surface area contributed by atoms with Crippen LogP contribution in [0, 0.1) is 19.7 Å². The summed E-state index contributed by atoms with van der Waals surface area (Å²) in [6, 6.07) is 13.9. The van der Waals surface area contributed by atoms with Gasteiger partial charge in [-0.3, -0.25) is 14.2 Å². The first-order chi connectivity index (χ1) is 16.3. The van der Waals surface area contributed by atoms with Crippen LogP contribution >= 0.6 is 0 Å². The third-order valence-corrected chi connectivity index (χ3v) is 6.21. The van der Waals surface area contributed by atoms with Crippen molar-refractivity contribution in [2.24, 2.45) is 0 Å². The molecule has 0 aliphatic rings. The maximum Gasteiger partial charge on any atom is 0.255 e. The van der Waals surface area contributed by atoms with Crippen LogP contribution in [0.3, 0.4) is 0 Å². The van der Waals surface area contributed by atoms with Gasteiger partial charge in [0, 0.05) is 29.6 Å². The fourth-order valence-electron chi connectivity index (χ4n) is 4.48. The molecule has 1 amide bonds. The maximum atomic E-state index is 13.9. The normalized spacial score (nSPS) is 11.2. The first-order valence-electron chi connectivity index (χ1n) is 11.6. The summed E-state index contributed by atoms with van der Waals surface area (Å²) in [6.07, 6.45) is 1.41. The van der Waals surface area contributed by atoms with E-state index in [2.05, 4.69) is 17.3 Å². The highest BCUT2D eigenvalue weighted by molar-refractivity contribution is 5.91. The molecular formula is C27H29FN4O2. The number of hydrogen-bond acceptors (Lipinski definition) is 3. The van der Waals surface area contributed by atoms with Crippen molar-refractivity contribution in [1.82, 2.24) is 14.3 Å². The Hall–Kier alpha value is -3.74. The summed E-state index contributed by atoms with van der Waals surface area (Å²) in [4.78, 5) is 26.1. The molecule has 2 heterocycles. The zero-order valence-corrected chi connectivity index (χ0v) is 20.0. The van der Waals surface area contributed by atoms with E-state index in [4.69, 9.17) is 0 Å². The van der Waals surface area contributed by atoms with Crippen LogP contribution < -0.4 is 10.9 Å². The van der Waals surface area contributed by atoms with Crippen molar-refractivity contribution in [3.8, 4) is 5.69 Å². The first kappa shape index (κ1) is 23.4. The molecular weight excluding hydrogens is 431 g/mol. The SMILES string of the molecule is CCc1cccc(NC(=O)CCc2c(C)c3c(C)nn(-c4cccc(F)c4)c3n(CC)c2=O)c1. The van der Waals surface area contributed by atoms with E-state index >= 15 is 0 Å². The smallest absolute Gasteiger partial charge is 0.255 e. The molecule has 176 valence electrons. The van der Waals surface area contributed by atoms with Crippen molar-refractivity contribution in [3.05, 3.63) is 87.1 Å². The van der Waals surface area contributed by atoms with Crippen LogP contribution in [-0.2, 0) is 24.2 Å². The molecule has 0 radical (unpaired) electrons.